The molecule has 0 amide bonds. The van der Waals surface area contributed by atoms with Crippen LogP contribution >= 0.6 is 23.2 Å². The van der Waals surface area contributed by atoms with Crippen LogP contribution < -0.4 is 16.7 Å². The number of hydrogen-bond acceptors (Lipinski definition) is 2. The Hall–Kier alpha value is -1.78. The van der Waals surface area contributed by atoms with E-state index >= 15 is 0 Å². The fourth-order valence-corrected chi connectivity index (χ4v) is 3.50. The SMILES string of the molecule is Cc1ccc(B(OCC(N)Cc2ccccc2)c2ccc(C)c(Cl)c2)cc1Cl. The summed E-state index contributed by atoms with van der Waals surface area (Å²) < 4.78 is 6.30. The first kappa shape index (κ1) is 20.9. The molecule has 0 spiro atoms. The Morgan fingerprint density at radius 1 is 0.857 bits per heavy atom. The molecular weight excluding hydrogens is 388 g/mol. The molecule has 3 rings (SSSR count). The fourth-order valence-electron chi connectivity index (χ4n) is 3.12. The van der Waals surface area contributed by atoms with Crippen molar-refractivity contribution in [3.8, 4) is 0 Å². The summed E-state index contributed by atoms with van der Waals surface area (Å²) in [5, 5.41) is 1.44. The largest absolute Gasteiger partial charge is 0.425 e. The number of halogens is 2. The monoisotopic (exact) mass is 411 g/mol. The average Bonchev–Trinajstić information content (AvgIpc) is 2.68. The number of rotatable bonds is 7. The van der Waals surface area contributed by atoms with Crippen molar-refractivity contribution in [3.63, 3.8) is 0 Å². The minimum atomic E-state index is -0.280. The van der Waals surface area contributed by atoms with Gasteiger partial charge in [0, 0.05) is 22.7 Å². The van der Waals surface area contributed by atoms with Crippen LogP contribution in [0.3, 0.4) is 0 Å². The molecule has 0 saturated carbocycles. The van der Waals surface area contributed by atoms with Gasteiger partial charge in [0.15, 0.2) is 0 Å². The molecule has 0 fully saturated rings. The molecule has 2 nitrogen and oxygen atoms in total. The van der Waals surface area contributed by atoms with Crippen molar-refractivity contribution in [2.24, 2.45) is 5.73 Å². The lowest BCUT2D eigenvalue weighted by atomic mass is 9.55. The van der Waals surface area contributed by atoms with E-state index in [9.17, 15) is 0 Å². The van der Waals surface area contributed by atoms with Crippen LogP contribution in [0.15, 0.2) is 66.7 Å². The molecule has 1 atom stereocenters. The third-order valence-corrected chi connectivity index (χ3v) is 5.63. The molecule has 144 valence electrons. The second-order valence-corrected chi connectivity index (χ2v) is 7.99. The van der Waals surface area contributed by atoms with E-state index in [2.05, 4.69) is 12.1 Å². The molecule has 0 heterocycles. The molecule has 0 aliphatic rings. The second kappa shape index (κ2) is 9.62. The van der Waals surface area contributed by atoms with E-state index in [-0.39, 0.29) is 13.0 Å². The van der Waals surface area contributed by atoms with Gasteiger partial charge in [0.2, 0.25) is 0 Å². The Labute approximate surface area is 177 Å². The average molecular weight is 412 g/mol. The van der Waals surface area contributed by atoms with E-state index in [0.29, 0.717) is 6.61 Å². The fraction of sp³-hybridized carbons (Fsp3) is 0.217. The van der Waals surface area contributed by atoms with E-state index < -0.39 is 0 Å². The van der Waals surface area contributed by atoms with E-state index in [1.165, 1.54) is 5.56 Å². The number of aryl methyl sites for hydroxylation is 2. The molecule has 28 heavy (non-hydrogen) atoms. The third-order valence-electron chi connectivity index (χ3n) is 4.81. The predicted molar refractivity (Wildman–Crippen MR) is 121 cm³/mol. The summed E-state index contributed by atoms with van der Waals surface area (Å²) in [5.41, 5.74) is 11.6. The molecule has 3 aromatic rings. The molecule has 0 saturated heterocycles. The molecule has 0 aliphatic carbocycles. The minimum absolute atomic E-state index is 0.105. The first-order valence-electron chi connectivity index (χ1n) is 9.37. The third kappa shape index (κ3) is 5.39. The lowest BCUT2D eigenvalue weighted by molar-refractivity contribution is 0.300. The van der Waals surface area contributed by atoms with Gasteiger partial charge in [-0.2, -0.15) is 0 Å². The van der Waals surface area contributed by atoms with Crippen molar-refractivity contribution in [2.45, 2.75) is 26.3 Å². The van der Waals surface area contributed by atoms with Gasteiger partial charge in [0.05, 0.1) is 0 Å². The van der Waals surface area contributed by atoms with Crippen LogP contribution in [0.25, 0.3) is 0 Å². The quantitative estimate of drug-likeness (QED) is 0.588. The molecule has 0 radical (unpaired) electrons. The molecule has 5 heteroatoms. The van der Waals surface area contributed by atoms with Gasteiger partial charge < -0.3 is 10.4 Å². The van der Waals surface area contributed by atoms with Crippen molar-refractivity contribution in [1.82, 2.24) is 0 Å². The zero-order valence-electron chi connectivity index (χ0n) is 16.2. The zero-order valence-corrected chi connectivity index (χ0v) is 17.7. The van der Waals surface area contributed by atoms with Crippen LogP contribution in [0.1, 0.15) is 16.7 Å². The molecule has 0 aromatic heterocycles. The van der Waals surface area contributed by atoms with E-state index in [1.54, 1.807) is 0 Å². The smallest absolute Gasteiger partial charge is 0.361 e. The first-order chi connectivity index (χ1) is 13.4. The predicted octanol–water partition coefficient (Wildman–Crippen LogP) is 4.30. The van der Waals surface area contributed by atoms with Gasteiger partial charge >= 0.3 is 6.92 Å². The van der Waals surface area contributed by atoms with Crippen molar-refractivity contribution < 1.29 is 4.65 Å². The van der Waals surface area contributed by atoms with E-state index in [4.69, 9.17) is 33.6 Å². The molecular formula is C23H24BCl2NO. The maximum atomic E-state index is 6.37. The summed E-state index contributed by atoms with van der Waals surface area (Å²) in [6.07, 6.45) is 0.761. The van der Waals surface area contributed by atoms with Crippen molar-refractivity contribution in [3.05, 3.63) is 93.5 Å². The van der Waals surface area contributed by atoms with Crippen LogP contribution in [-0.2, 0) is 11.1 Å². The summed E-state index contributed by atoms with van der Waals surface area (Å²) in [4.78, 5) is 0. The molecule has 0 bridgehead atoms. The summed E-state index contributed by atoms with van der Waals surface area (Å²) >= 11 is 12.7. The normalized spacial score (nSPS) is 12.0. The molecule has 3 aromatic carbocycles. The van der Waals surface area contributed by atoms with Crippen LogP contribution in [0.5, 0.6) is 0 Å². The Kier molecular flexibility index (Phi) is 7.20. The summed E-state index contributed by atoms with van der Waals surface area (Å²) in [6, 6.07) is 22.1. The zero-order chi connectivity index (χ0) is 20.1. The highest BCUT2D eigenvalue weighted by atomic mass is 35.5. The van der Waals surface area contributed by atoms with Gasteiger partial charge in [-0.05, 0) is 60.0 Å². The summed E-state index contributed by atoms with van der Waals surface area (Å²) in [5.74, 6) is 0. The summed E-state index contributed by atoms with van der Waals surface area (Å²) in [6.45, 7) is 4.12. The van der Waals surface area contributed by atoms with Crippen molar-refractivity contribution in [1.29, 1.82) is 0 Å². The van der Waals surface area contributed by atoms with Gasteiger partial charge in [0.25, 0.3) is 0 Å². The highest BCUT2D eigenvalue weighted by molar-refractivity contribution is 6.80. The van der Waals surface area contributed by atoms with Gasteiger partial charge in [-0.1, -0.05) is 77.8 Å². The van der Waals surface area contributed by atoms with E-state index in [1.807, 2.05) is 68.4 Å². The lowest BCUT2D eigenvalue weighted by Gasteiger charge is -2.20. The van der Waals surface area contributed by atoms with Crippen molar-refractivity contribution in [2.75, 3.05) is 6.61 Å². The van der Waals surface area contributed by atoms with Crippen LogP contribution in [0, 0.1) is 13.8 Å². The van der Waals surface area contributed by atoms with Gasteiger partial charge in [-0.3, -0.25) is 0 Å². The Balaban J connectivity index is 1.81. The van der Waals surface area contributed by atoms with Gasteiger partial charge in [0.1, 0.15) is 0 Å². The summed E-state index contributed by atoms with van der Waals surface area (Å²) in [7, 11) is 0. The second-order valence-electron chi connectivity index (χ2n) is 7.18. The van der Waals surface area contributed by atoms with Gasteiger partial charge in [-0.15, -0.1) is 0 Å². The standard InChI is InChI=1S/C23H24BCl2NO/c1-16-8-10-19(13-22(16)25)24(20-11-9-17(2)23(26)14-20)28-15-21(27)12-18-6-4-3-5-7-18/h3-11,13-14,21H,12,15,27H2,1-2H3. The lowest BCUT2D eigenvalue weighted by Crippen LogP contribution is -2.47. The Bertz CT molecular complexity index is 882. The van der Waals surface area contributed by atoms with Crippen LogP contribution in [0.4, 0.5) is 0 Å². The van der Waals surface area contributed by atoms with Crippen LogP contribution in [0.2, 0.25) is 10.0 Å². The first-order valence-corrected chi connectivity index (χ1v) is 10.1. The highest BCUT2D eigenvalue weighted by Crippen LogP contribution is 2.15. The van der Waals surface area contributed by atoms with E-state index in [0.717, 1.165) is 38.5 Å². The Morgan fingerprint density at radius 2 is 1.39 bits per heavy atom. The minimum Gasteiger partial charge on any atom is -0.425 e. The highest BCUT2D eigenvalue weighted by Gasteiger charge is 2.24. The van der Waals surface area contributed by atoms with Crippen molar-refractivity contribution >= 4 is 41.0 Å². The number of benzene rings is 3. The maximum absolute atomic E-state index is 6.37. The molecule has 1 unspecified atom stereocenters. The van der Waals surface area contributed by atoms with Gasteiger partial charge in [-0.25, -0.2) is 0 Å². The van der Waals surface area contributed by atoms with Crippen LogP contribution in [-0.4, -0.2) is 19.6 Å². The number of hydrogen-bond donors (Lipinski definition) is 1. The molecule has 2 N–H and O–H groups in total. The molecule has 0 aliphatic heterocycles. The maximum Gasteiger partial charge on any atom is 0.361 e. The number of nitrogens with two attached hydrogens (primary N) is 1. The topological polar surface area (TPSA) is 35.2 Å². The Morgan fingerprint density at radius 3 is 1.89 bits per heavy atom.